The van der Waals surface area contributed by atoms with E-state index in [2.05, 4.69) is 47.5 Å². The molecule has 0 saturated heterocycles. The average molecular weight is 449 g/mol. The van der Waals surface area contributed by atoms with Crippen molar-refractivity contribution in [2.75, 3.05) is 5.32 Å². The van der Waals surface area contributed by atoms with Crippen LogP contribution in [0.4, 0.5) is 5.69 Å². The summed E-state index contributed by atoms with van der Waals surface area (Å²) >= 11 is 7.74. The minimum Gasteiger partial charge on any atom is -0.340 e. The lowest BCUT2D eigenvalue weighted by atomic mass is 10.3. The average Bonchev–Trinajstić information content (AvgIpc) is 2.89. The fraction of sp³-hybridized carbons (Fsp3) is 0.154. The molecule has 0 fully saturated rings. The Morgan fingerprint density at radius 3 is 2.68 bits per heavy atom. The number of pyridine rings is 1. The smallest absolute Gasteiger partial charge is 0.271 e. The molecule has 9 heteroatoms. The molecular formula is C13H11Br2N3O3S. The van der Waals surface area contributed by atoms with Gasteiger partial charge in [0.1, 0.15) is 11.7 Å². The molecule has 2 rings (SSSR count). The summed E-state index contributed by atoms with van der Waals surface area (Å²) in [5.41, 5.74) is -0.309. The number of thiophene rings is 1. The number of amides is 2. The van der Waals surface area contributed by atoms with E-state index in [1.165, 1.54) is 23.6 Å². The summed E-state index contributed by atoms with van der Waals surface area (Å²) in [6, 6.07) is 4.12. The molecule has 2 aromatic rings. The molecule has 0 saturated carbocycles. The molecule has 3 N–H and O–H groups in total. The van der Waals surface area contributed by atoms with E-state index >= 15 is 0 Å². The number of carbonyl (C=O) groups excluding carboxylic acids is 2. The lowest BCUT2D eigenvalue weighted by molar-refractivity contribution is -0.117. The van der Waals surface area contributed by atoms with E-state index in [1.54, 1.807) is 19.1 Å². The van der Waals surface area contributed by atoms with Crippen LogP contribution in [0.2, 0.25) is 0 Å². The first-order chi connectivity index (χ1) is 10.4. The van der Waals surface area contributed by atoms with Crippen molar-refractivity contribution in [3.05, 3.63) is 47.9 Å². The Morgan fingerprint density at radius 1 is 1.32 bits per heavy atom. The molecular weight excluding hydrogens is 438 g/mol. The summed E-state index contributed by atoms with van der Waals surface area (Å²) in [6.45, 7) is 1.54. The lowest BCUT2D eigenvalue weighted by Crippen LogP contribution is -2.42. The second-order valence-corrected chi connectivity index (χ2v) is 7.73. The summed E-state index contributed by atoms with van der Waals surface area (Å²) in [5, 5.41) is 5.06. The predicted molar refractivity (Wildman–Crippen MR) is 92.3 cm³/mol. The number of anilines is 1. The number of hydrogen-bond acceptors (Lipinski definition) is 4. The topological polar surface area (TPSA) is 91.1 Å². The van der Waals surface area contributed by atoms with E-state index in [0.29, 0.717) is 9.35 Å². The van der Waals surface area contributed by atoms with Crippen molar-refractivity contribution in [3.63, 3.8) is 0 Å². The first-order valence-corrected chi connectivity index (χ1v) is 8.52. The van der Waals surface area contributed by atoms with Crippen molar-refractivity contribution in [2.24, 2.45) is 0 Å². The highest BCUT2D eigenvalue weighted by Crippen LogP contribution is 2.21. The van der Waals surface area contributed by atoms with Crippen molar-refractivity contribution >= 4 is 60.7 Å². The number of H-pyrrole nitrogens is 1. The SMILES string of the molecule is CC(NC(=O)c1ccc(Br)s1)C(=O)Nc1cc(Br)c[nH]c1=O. The molecule has 6 nitrogen and oxygen atoms in total. The molecule has 0 spiro atoms. The van der Waals surface area contributed by atoms with Crippen LogP contribution in [0.1, 0.15) is 16.6 Å². The van der Waals surface area contributed by atoms with Gasteiger partial charge in [-0.25, -0.2) is 0 Å². The Kier molecular flexibility index (Phi) is 5.54. The molecule has 0 bridgehead atoms. The van der Waals surface area contributed by atoms with Crippen molar-refractivity contribution in [1.29, 1.82) is 0 Å². The van der Waals surface area contributed by atoms with Gasteiger partial charge in [-0.15, -0.1) is 11.3 Å². The maximum absolute atomic E-state index is 12.0. The molecule has 2 amide bonds. The number of aromatic nitrogens is 1. The first-order valence-electron chi connectivity index (χ1n) is 6.12. The zero-order chi connectivity index (χ0) is 16.3. The second-order valence-electron chi connectivity index (χ2n) is 4.35. The van der Waals surface area contributed by atoms with E-state index in [4.69, 9.17) is 0 Å². The minimum absolute atomic E-state index is 0.111. The summed E-state index contributed by atoms with van der Waals surface area (Å²) in [5.74, 6) is -0.825. The maximum atomic E-state index is 12.0. The van der Waals surface area contributed by atoms with Crippen molar-refractivity contribution in [2.45, 2.75) is 13.0 Å². The van der Waals surface area contributed by atoms with Crippen LogP contribution in [-0.2, 0) is 4.79 Å². The van der Waals surface area contributed by atoms with Crippen LogP contribution in [0.15, 0.2) is 37.4 Å². The highest BCUT2D eigenvalue weighted by molar-refractivity contribution is 9.11. The molecule has 22 heavy (non-hydrogen) atoms. The van der Waals surface area contributed by atoms with Crippen molar-refractivity contribution in [1.82, 2.24) is 10.3 Å². The van der Waals surface area contributed by atoms with Gasteiger partial charge in [-0.2, -0.15) is 0 Å². The molecule has 2 aromatic heterocycles. The van der Waals surface area contributed by atoms with Crippen molar-refractivity contribution in [3.8, 4) is 0 Å². The Balaban J connectivity index is 2.01. The summed E-state index contributed by atoms with van der Waals surface area (Å²) in [4.78, 5) is 38.6. The van der Waals surface area contributed by atoms with Crippen LogP contribution in [0.5, 0.6) is 0 Å². The normalized spacial score (nSPS) is 11.8. The van der Waals surface area contributed by atoms with E-state index in [9.17, 15) is 14.4 Å². The molecule has 0 aliphatic heterocycles. The summed E-state index contributed by atoms with van der Waals surface area (Å²) in [7, 11) is 0. The lowest BCUT2D eigenvalue weighted by Gasteiger charge is -2.13. The van der Waals surface area contributed by atoms with Gasteiger partial charge in [0, 0.05) is 10.7 Å². The molecule has 0 aromatic carbocycles. The van der Waals surface area contributed by atoms with Gasteiger partial charge in [0.05, 0.1) is 8.66 Å². The number of hydrogen-bond donors (Lipinski definition) is 3. The van der Waals surface area contributed by atoms with Gasteiger partial charge in [0.25, 0.3) is 11.5 Å². The molecule has 2 heterocycles. The first kappa shape index (κ1) is 16.9. The summed E-state index contributed by atoms with van der Waals surface area (Å²) in [6.07, 6.45) is 1.47. The highest BCUT2D eigenvalue weighted by Gasteiger charge is 2.18. The van der Waals surface area contributed by atoms with E-state index in [0.717, 1.165) is 3.79 Å². The Labute approximate surface area is 146 Å². The highest BCUT2D eigenvalue weighted by atomic mass is 79.9. The van der Waals surface area contributed by atoms with Gasteiger partial charge in [0.15, 0.2) is 0 Å². The summed E-state index contributed by atoms with van der Waals surface area (Å²) < 4.78 is 1.46. The Morgan fingerprint density at radius 2 is 2.05 bits per heavy atom. The van der Waals surface area contributed by atoms with Crippen LogP contribution >= 0.6 is 43.2 Å². The third-order valence-corrected chi connectivity index (χ3v) is 4.74. The largest absolute Gasteiger partial charge is 0.340 e. The van der Waals surface area contributed by atoms with Gasteiger partial charge in [-0.3, -0.25) is 14.4 Å². The van der Waals surface area contributed by atoms with Crippen LogP contribution in [0.25, 0.3) is 0 Å². The van der Waals surface area contributed by atoms with Gasteiger partial charge in [0.2, 0.25) is 5.91 Å². The van der Waals surface area contributed by atoms with Gasteiger partial charge in [-0.1, -0.05) is 0 Å². The molecule has 0 aliphatic carbocycles. The predicted octanol–water partition coefficient (Wildman–Crippen LogP) is 2.72. The number of carbonyl (C=O) groups is 2. The van der Waals surface area contributed by atoms with Crippen LogP contribution in [0, 0.1) is 0 Å². The Hall–Kier alpha value is -1.45. The van der Waals surface area contributed by atoms with Crippen LogP contribution in [-0.4, -0.2) is 22.8 Å². The van der Waals surface area contributed by atoms with Gasteiger partial charge >= 0.3 is 0 Å². The number of nitrogens with one attached hydrogen (secondary N) is 3. The molecule has 1 atom stereocenters. The fourth-order valence-corrected chi connectivity index (χ4v) is 3.19. The quantitative estimate of drug-likeness (QED) is 0.671. The van der Waals surface area contributed by atoms with Crippen LogP contribution in [0.3, 0.4) is 0 Å². The maximum Gasteiger partial charge on any atom is 0.271 e. The minimum atomic E-state index is -0.785. The Bertz CT molecular complexity index is 772. The second kappa shape index (κ2) is 7.21. The number of halogens is 2. The standard InChI is InChI=1S/C13H11Br2N3O3S/c1-6(17-13(21)9-2-3-10(15)22-9)11(19)18-8-4-7(14)5-16-12(8)20/h2-6H,1H3,(H,16,20)(H,17,21)(H,18,19). The van der Waals surface area contributed by atoms with Gasteiger partial charge in [-0.05, 0) is 57.0 Å². The fourth-order valence-electron chi connectivity index (χ4n) is 1.56. The third-order valence-electron chi connectivity index (χ3n) is 2.66. The zero-order valence-electron chi connectivity index (χ0n) is 11.3. The zero-order valence-corrected chi connectivity index (χ0v) is 15.3. The van der Waals surface area contributed by atoms with E-state index < -0.39 is 17.5 Å². The monoisotopic (exact) mass is 447 g/mol. The molecule has 116 valence electrons. The number of rotatable bonds is 4. The number of aromatic amines is 1. The molecule has 1 unspecified atom stereocenters. The van der Waals surface area contributed by atoms with E-state index in [-0.39, 0.29) is 11.6 Å². The van der Waals surface area contributed by atoms with E-state index in [1.807, 2.05) is 0 Å². The molecule has 0 radical (unpaired) electrons. The van der Waals surface area contributed by atoms with Gasteiger partial charge < -0.3 is 15.6 Å². The van der Waals surface area contributed by atoms with Crippen molar-refractivity contribution < 1.29 is 9.59 Å². The third kappa shape index (κ3) is 4.28. The van der Waals surface area contributed by atoms with Crippen LogP contribution < -0.4 is 16.2 Å². The molecule has 0 aliphatic rings.